The number of anilines is 1. The van der Waals surface area contributed by atoms with Crippen LogP contribution in [-0.2, 0) is 0 Å². The number of hydrogen-bond donors (Lipinski definition) is 2. The first-order valence-electron chi connectivity index (χ1n) is 8.68. The van der Waals surface area contributed by atoms with Gasteiger partial charge >= 0.3 is 6.36 Å². The van der Waals surface area contributed by atoms with Gasteiger partial charge in [0.25, 0.3) is 11.5 Å². The summed E-state index contributed by atoms with van der Waals surface area (Å²) in [6.45, 7) is 0. The molecule has 1 amide bonds. The summed E-state index contributed by atoms with van der Waals surface area (Å²) in [5.41, 5.74) is -0.00205. The predicted molar refractivity (Wildman–Crippen MR) is 100 cm³/mol. The average Bonchev–Trinajstić information content (AvgIpc) is 3.44. The second-order valence-electron chi connectivity index (χ2n) is 6.87. The predicted octanol–water partition coefficient (Wildman–Crippen LogP) is 3.27. The highest BCUT2D eigenvalue weighted by atomic mass is 35.5. The quantitative estimate of drug-likeness (QED) is 0.734. The summed E-state index contributed by atoms with van der Waals surface area (Å²) >= 11 is 5.93. The van der Waals surface area contributed by atoms with Crippen molar-refractivity contribution >= 4 is 23.5 Å². The fourth-order valence-electron chi connectivity index (χ4n) is 2.81. The van der Waals surface area contributed by atoms with Gasteiger partial charge < -0.3 is 15.0 Å². The normalized spacial score (nSPS) is 15.0. The molecule has 0 aliphatic heterocycles. The van der Waals surface area contributed by atoms with Gasteiger partial charge in [-0.05, 0) is 36.5 Å². The maximum atomic E-state index is 12.7. The summed E-state index contributed by atoms with van der Waals surface area (Å²) < 4.78 is 41.1. The Morgan fingerprint density at radius 3 is 2.59 bits per heavy atom. The lowest BCUT2D eigenvalue weighted by Gasteiger charge is -2.20. The third-order valence-electron chi connectivity index (χ3n) is 4.31. The molecule has 1 unspecified atom stereocenters. The highest BCUT2D eigenvalue weighted by Crippen LogP contribution is 2.43. The smallest absolute Gasteiger partial charge is 0.404 e. The number of ether oxygens (including phenoxy) is 1. The highest BCUT2D eigenvalue weighted by Gasteiger charge is 2.35. The number of nitrogens with zero attached hydrogens (tertiary/aromatic N) is 2. The van der Waals surface area contributed by atoms with E-state index in [0.717, 1.165) is 25.0 Å². The molecule has 1 aromatic carbocycles. The van der Waals surface area contributed by atoms with Crippen molar-refractivity contribution in [3.63, 3.8) is 0 Å². The van der Waals surface area contributed by atoms with Gasteiger partial charge in [-0.2, -0.15) is 0 Å². The summed E-state index contributed by atoms with van der Waals surface area (Å²) in [6.07, 6.45) is -3.17. The van der Waals surface area contributed by atoms with E-state index in [1.54, 1.807) is 19.0 Å². The van der Waals surface area contributed by atoms with Gasteiger partial charge in [0.05, 0.1) is 11.1 Å². The van der Waals surface area contributed by atoms with E-state index in [1.807, 2.05) is 0 Å². The highest BCUT2D eigenvalue weighted by molar-refractivity contribution is 6.32. The van der Waals surface area contributed by atoms with E-state index in [4.69, 9.17) is 11.6 Å². The molecule has 0 spiro atoms. The van der Waals surface area contributed by atoms with Gasteiger partial charge in [0.2, 0.25) is 5.95 Å². The first-order chi connectivity index (χ1) is 13.5. The Bertz CT molecular complexity index is 974. The van der Waals surface area contributed by atoms with E-state index in [1.165, 1.54) is 12.1 Å². The van der Waals surface area contributed by atoms with Gasteiger partial charge in [-0.1, -0.05) is 17.7 Å². The number of amides is 1. The van der Waals surface area contributed by atoms with Crippen LogP contribution in [0.2, 0.25) is 5.02 Å². The SMILES string of the molecule is CN(C)c1nc(C(=O)NC(c2ccc(OC(F)(F)F)c(Cl)c2)C2CC2)cc(=O)[nH]1. The fraction of sp³-hybridized carbons (Fsp3) is 0.389. The number of nitrogens with one attached hydrogen (secondary N) is 2. The van der Waals surface area contributed by atoms with Crippen molar-refractivity contribution in [2.45, 2.75) is 25.2 Å². The van der Waals surface area contributed by atoms with Crippen LogP contribution in [-0.4, -0.2) is 36.3 Å². The van der Waals surface area contributed by atoms with Gasteiger partial charge in [-0.25, -0.2) is 4.98 Å². The molecule has 11 heteroatoms. The largest absolute Gasteiger partial charge is 0.573 e. The Morgan fingerprint density at radius 2 is 2.03 bits per heavy atom. The second kappa shape index (κ2) is 7.94. The molecule has 1 heterocycles. The zero-order valence-corrected chi connectivity index (χ0v) is 16.3. The minimum Gasteiger partial charge on any atom is -0.404 e. The Hall–Kier alpha value is -2.75. The molecule has 2 aromatic rings. The van der Waals surface area contributed by atoms with Gasteiger partial charge in [-0.3, -0.25) is 14.6 Å². The molecule has 2 N–H and O–H groups in total. The molecule has 1 fully saturated rings. The Morgan fingerprint density at radius 1 is 1.34 bits per heavy atom. The molecule has 1 atom stereocenters. The van der Waals surface area contributed by atoms with Crippen LogP contribution in [0.1, 0.15) is 34.9 Å². The van der Waals surface area contributed by atoms with E-state index in [2.05, 4.69) is 20.0 Å². The lowest BCUT2D eigenvalue weighted by atomic mass is 10.0. The number of hydrogen-bond acceptors (Lipinski definition) is 5. The van der Waals surface area contributed by atoms with Crippen LogP contribution in [0.25, 0.3) is 0 Å². The molecule has 1 aliphatic carbocycles. The zero-order chi connectivity index (χ0) is 21.3. The molecule has 7 nitrogen and oxygen atoms in total. The number of H-pyrrole nitrogens is 1. The van der Waals surface area contributed by atoms with Crippen LogP contribution in [0.4, 0.5) is 19.1 Å². The first-order valence-corrected chi connectivity index (χ1v) is 9.06. The maximum Gasteiger partial charge on any atom is 0.573 e. The lowest BCUT2D eigenvalue weighted by Crippen LogP contribution is -2.32. The molecule has 1 saturated carbocycles. The van der Waals surface area contributed by atoms with Crippen molar-refractivity contribution in [1.82, 2.24) is 15.3 Å². The Kier molecular flexibility index (Phi) is 5.74. The number of benzene rings is 1. The van der Waals surface area contributed by atoms with Crippen LogP contribution < -0.4 is 20.5 Å². The second-order valence-corrected chi connectivity index (χ2v) is 7.28. The Balaban J connectivity index is 1.84. The topological polar surface area (TPSA) is 87.3 Å². The number of carbonyl (C=O) groups is 1. The third kappa shape index (κ3) is 5.41. The minimum absolute atomic E-state index is 0.0637. The van der Waals surface area contributed by atoms with Crippen LogP contribution >= 0.6 is 11.6 Å². The molecule has 0 bridgehead atoms. The summed E-state index contributed by atoms with van der Waals surface area (Å²) in [5, 5.41) is 2.59. The van der Waals surface area contributed by atoms with E-state index in [-0.39, 0.29) is 22.6 Å². The van der Waals surface area contributed by atoms with Gasteiger partial charge in [0, 0.05) is 20.2 Å². The van der Waals surface area contributed by atoms with Gasteiger partial charge in [0.1, 0.15) is 11.4 Å². The number of aromatic nitrogens is 2. The summed E-state index contributed by atoms with van der Waals surface area (Å²) in [4.78, 5) is 32.6. The Labute approximate surface area is 168 Å². The summed E-state index contributed by atoms with van der Waals surface area (Å²) in [7, 11) is 3.33. The van der Waals surface area contributed by atoms with Crippen LogP contribution in [0, 0.1) is 5.92 Å². The zero-order valence-electron chi connectivity index (χ0n) is 15.5. The van der Waals surface area contributed by atoms with Gasteiger partial charge in [-0.15, -0.1) is 13.2 Å². The van der Waals surface area contributed by atoms with Crippen molar-refractivity contribution < 1.29 is 22.7 Å². The minimum atomic E-state index is -4.86. The lowest BCUT2D eigenvalue weighted by molar-refractivity contribution is -0.274. The van der Waals surface area contributed by atoms with Crippen molar-refractivity contribution in [2.24, 2.45) is 5.92 Å². The van der Waals surface area contributed by atoms with Gasteiger partial charge in [0.15, 0.2) is 0 Å². The van der Waals surface area contributed by atoms with E-state index in [9.17, 15) is 22.8 Å². The van der Waals surface area contributed by atoms with E-state index < -0.39 is 29.6 Å². The molecular weight excluding hydrogens is 413 g/mol. The number of aromatic amines is 1. The fourth-order valence-corrected chi connectivity index (χ4v) is 3.04. The van der Waals surface area contributed by atoms with Crippen molar-refractivity contribution in [2.75, 3.05) is 19.0 Å². The number of halogens is 4. The van der Waals surface area contributed by atoms with Crippen molar-refractivity contribution in [3.05, 3.63) is 50.9 Å². The van der Waals surface area contributed by atoms with Crippen molar-refractivity contribution in [1.29, 1.82) is 0 Å². The number of alkyl halides is 3. The molecule has 0 saturated heterocycles. The maximum absolute atomic E-state index is 12.7. The third-order valence-corrected chi connectivity index (χ3v) is 4.60. The van der Waals surface area contributed by atoms with E-state index in [0.29, 0.717) is 5.56 Å². The molecule has 1 aliphatic rings. The first kappa shape index (κ1) is 21.0. The van der Waals surface area contributed by atoms with Crippen molar-refractivity contribution in [3.8, 4) is 5.75 Å². The molecule has 1 aromatic heterocycles. The molecule has 3 rings (SSSR count). The van der Waals surface area contributed by atoms with E-state index >= 15 is 0 Å². The summed E-state index contributed by atoms with van der Waals surface area (Å²) in [5.74, 6) is -0.749. The van der Waals surface area contributed by atoms with Crippen LogP contribution in [0.3, 0.4) is 0 Å². The number of rotatable bonds is 6. The number of carbonyl (C=O) groups excluding carboxylic acids is 1. The molecule has 156 valence electrons. The molecule has 29 heavy (non-hydrogen) atoms. The summed E-state index contributed by atoms with van der Waals surface area (Å²) in [6, 6.07) is 4.47. The standard InChI is InChI=1S/C18H18ClF3N4O3/c1-26(2)17-23-12(8-14(27)24-17)16(28)25-15(9-3-4-9)10-5-6-13(11(19)7-10)29-18(20,21)22/h5-9,15H,3-4H2,1-2H3,(H,25,28)(H,23,24,27). The average molecular weight is 431 g/mol. The molecular formula is C18H18ClF3N4O3. The van der Waals surface area contributed by atoms with Crippen LogP contribution in [0.15, 0.2) is 29.1 Å². The van der Waals surface area contributed by atoms with Crippen LogP contribution in [0.5, 0.6) is 5.75 Å². The molecule has 0 radical (unpaired) electrons. The monoisotopic (exact) mass is 430 g/mol.